The van der Waals surface area contributed by atoms with Crippen LogP contribution in [0.15, 0.2) is 0 Å². The number of ether oxygens (including phenoxy) is 2. The van der Waals surface area contributed by atoms with Crippen molar-refractivity contribution in [1.29, 1.82) is 0 Å². The lowest BCUT2D eigenvalue weighted by Gasteiger charge is -2.41. The van der Waals surface area contributed by atoms with Gasteiger partial charge in [-0.3, -0.25) is 0 Å². The minimum Gasteiger partial charge on any atom is -0.381 e. The molecule has 0 aliphatic carbocycles. The van der Waals surface area contributed by atoms with Gasteiger partial charge in [0.1, 0.15) is 0 Å². The van der Waals surface area contributed by atoms with Crippen LogP contribution in [0, 0.1) is 0 Å². The Morgan fingerprint density at radius 1 is 1.07 bits per heavy atom. The Bertz CT molecular complexity index is 187. The summed E-state index contributed by atoms with van der Waals surface area (Å²) < 4.78 is 10.8. The first-order valence-corrected chi connectivity index (χ1v) is 5.98. The van der Waals surface area contributed by atoms with Crippen LogP contribution in [-0.4, -0.2) is 44.6 Å². The van der Waals surface area contributed by atoms with E-state index < -0.39 is 0 Å². The molecular formula is C11H22N2O2. The van der Waals surface area contributed by atoms with Crippen molar-refractivity contribution in [2.45, 2.75) is 37.3 Å². The smallest absolute Gasteiger partial charge is 0.0484 e. The van der Waals surface area contributed by atoms with Crippen LogP contribution in [0.3, 0.4) is 0 Å². The van der Waals surface area contributed by atoms with E-state index in [9.17, 15) is 0 Å². The average molecular weight is 214 g/mol. The third-order valence-corrected chi connectivity index (χ3v) is 3.57. The summed E-state index contributed by atoms with van der Waals surface area (Å²) in [6.45, 7) is 4.16. The molecule has 15 heavy (non-hydrogen) atoms. The van der Waals surface area contributed by atoms with Gasteiger partial charge >= 0.3 is 0 Å². The second kappa shape index (κ2) is 5.25. The third kappa shape index (κ3) is 2.91. The van der Waals surface area contributed by atoms with Gasteiger partial charge in [0, 0.05) is 44.6 Å². The molecule has 0 unspecified atom stereocenters. The lowest BCUT2D eigenvalue weighted by atomic mass is 9.88. The van der Waals surface area contributed by atoms with E-state index in [1.54, 1.807) is 0 Å². The summed E-state index contributed by atoms with van der Waals surface area (Å²) in [4.78, 5) is 0. The van der Waals surface area contributed by atoms with Crippen molar-refractivity contribution >= 4 is 0 Å². The normalized spacial score (nSPS) is 27.8. The molecule has 0 aromatic heterocycles. The average Bonchev–Trinajstić information content (AvgIpc) is 2.32. The number of nitrogens with one attached hydrogen (secondary N) is 1. The molecule has 2 aliphatic rings. The van der Waals surface area contributed by atoms with Crippen LogP contribution in [0.1, 0.15) is 25.7 Å². The second-order valence-corrected chi connectivity index (χ2v) is 4.63. The van der Waals surface area contributed by atoms with E-state index in [2.05, 4.69) is 5.32 Å². The zero-order valence-corrected chi connectivity index (χ0v) is 9.34. The Morgan fingerprint density at radius 2 is 1.67 bits per heavy atom. The molecule has 4 nitrogen and oxygen atoms in total. The van der Waals surface area contributed by atoms with Crippen LogP contribution >= 0.6 is 0 Å². The van der Waals surface area contributed by atoms with Gasteiger partial charge in [0.2, 0.25) is 0 Å². The standard InChI is InChI=1S/C11H22N2O2/c12-9-11(3-7-15-8-4-11)13-10-1-5-14-6-2-10/h10,13H,1-9,12H2. The molecule has 0 aromatic carbocycles. The molecule has 2 saturated heterocycles. The zero-order chi connectivity index (χ0) is 10.6. The third-order valence-electron chi connectivity index (χ3n) is 3.57. The molecule has 2 heterocycles. The maximum Gasteiger partial charge on any atom is 0.0484 e. The molecule has 0 aromatic rings. The van der Waals surface area contributed by atoms with E-state index in [1.807, 2.05) is 0 Å². The predicted octanol–water partition coefficient (Wildman–Crippen LogP) is 0.263. The predicted molar refractivity (Wildman–Crippen MR) is 58.8 cm³/mol. The Labute approximate surface area is 91.5 Å². The molecule has 0 saturated carbocycles. The van der Waals surface area contributed by atoms with Gasteiger partial charge in [-0.1, -0.05) is 0 Å². The SMILES string of the molecule is NCC1(NC2CCOCC2)CCOCC1. The topological polar surface area (TPSA) is 56.5 Å². The van der Waals surface area contributed by atoms with Gasteiger partial charge in [0.05, 0.1) is 0 Å². The Morgan fingerprint density at radius 3 is 2.27 bits per heavy atom. The first-order chi connectivity index (χ1) is 7.35. The number of nitrogens with two attached hydrogens (primary N) is 1. The summed E-state index contributed by atoms with van der Waals surface area (Å²) >= 11 is 0. The first kappa shape index (κ1) is 11.3. The van der Waals surface area contributed by atoms with E-state index in [0.717, 1.165) is 52.1 Å². The number of hydrogen-bond donors (Lipinski definition) is 2. The monoisotopic (exact) mass is 214 g/mol. The van der Waals surface area contributed by atoms with Crippen molar-refractivity contribution in [2.24, 2.45) is 5.73 Å². The van der Waals surface area contributed by atoms with E-state index in [-0.39, 0.29) is 5.54 Å². The summed E-state index contributed by atoms with van der Waals surface area (Å²) in [6, 6.07) is 0.584. The molecule has 0 amide bonds. The van der Waals surface area contributed by atoms with E-state index >= 15 is 0 Å². The lowest BCUT2D eigenvalue weighted by molar-refractivity contribution is 0.0201. The highest BCUT2D eigenvalue weighted by molar-refractivity contribution is 4.94. The number of hydrogen-bond acceptors (Lipinski definition) is 4. The minimum atomic E-state index is 0.125. The quantitative estimate of drug-likeness (QED) is 0.708. The highest BCUT2D eigenvalue weighted by Gasteiger charge is 2.33. The van der Waals surface area contributed by atoms with Crippen molar-refractivity contribution in [3.63, 3.8) is 0 Å². The van der Waals surface area contributed by atoms with Gasteiger partial charge in [-0.15, -0.1) is 0 Å². The van der Waals surface area contributed by atoms with Gasteiger partial charge in [-0.05, 0) is 25.7 Å². The summed E-state index contributed by atoms with van der Waals surface area (Å²) in [5.41, 5.74) is 6.03. The fourth-order valence-corrected chi connectivity index (χ4v) is 2.44. The fraction of sp³-hybridized carbons (Fsp3) is 1.00. The van der Waals surface area contributed by atoms with E-state index in [1.165, 1.54) is 0 Å². The number of rotatable bonds is 3. The largest absolute Gasteiger partial charge is 0.381 e. The summed E-state index contributed by atoms with van der Waals surface area (Å²) in [5, 5.41) is 3.74. The summed E-state index contributed by atoms with van der Waals surface area (Å²) in [6.07, 6.45) is 4.31. The van der Waals surface area contributed by atoms with Gasteiger partial charge < -0.3 is 20.5 Å². The van der Waals surface area contributed by atoms with E-state index in [0.29, 0.717) is 12.6 Å². The highest BCUT2D eigenvalue weighted by atomic mass is 16.5. The summed E-state index contributed by atoms with van der Waals surface area (Å²) in [7, 11) is 0. The van der Waals surface area contributed by atoms with Crippen molar-refractivity contribution in [1.82, 2.24) is 5.32 Å². The molecule has 0 radical (unpaired) electrons. The Balaban J connectivity index is 1.87. The van der Waals surface area contributed by atoms with Gasteiger partial charge in [0.25, 0.3) is 0 Å². The molecule has 0 atom stereocenters. The molecular weight excluding hydrogens is 192 g/mol. The molecule has 4 heteroatoms. The van der Waals surface area contributed by atoms with Crippen molar-refractivity contribution < 1.29 is 9.47 Å². The Kier molecular flexibility index (Phi) is 3.97. The van der Waals surface area contributed by atoms with Crippen molar-refractivity contribution in [3.8, 4) is 0 Å². The maximum absolute atomic E-state index is 5.91. The summed E-state index contributed by atoms with van der Waals surface area (Å²) in [5.74, 6) is 0. The van der Waals surface area contributed by atoms with Crippen molar-refractivity contribution in [3.05, 3.63) is 0 Å². The van der Waals surface area contributed by atoms with Gasteiger partial charge in [0.15, 0.2) is 0 Å². The molecule has 2 aliphatic heterocycles. The van der Waals surface area contributed by atoms with Crippen LogP contribution in [0.4, 0.5) is 0 Å². The van der Waals surface area contributed by atoms with Gasteiger partial charge in [-0.25, -0.2) is 0 Å². The molecule has 3 N–H and O–H groups in total. The van der Waals surface area contributed by atoms with Crippen LogP contribution in [0.2, 0.25) is 0 Å². The van der Waals surface area contributed by atoms with Gasteiger partial charge in [-0.2, -0.15) is 0 Å². The first-order valence-electron chi connectivity index (χ1n) is 5.98. The molecule has 88 valence electrons. The highest BCUT2D eigenvalue weighted by Crippen LogP contribution is 2.22. The van der Waals surface area contributed by atoms with Crippen LogP contribution < -0.4 is 11.1 Å². The minimum absolute atomic E-state index is 0.125. The van der Waals surface area contributed by atoms with Crippen LogP contribution in [0.5, 0.6) is 0 Å². The van der Waals surface area contributed by atoms with Crippen LogP contribution in [0.25, 0.3) is 0 Å². The molecule has 2 rings (SSSR count). The lowest BCUT2D eigenvalue weighted by Crippen LogP contribution is -2.58. The molecule has 0 bridgehead atoms. The fourth-order valence-electron chi connectivity index (χ4n) is 2.44. The molecule has 2 fully saturated rings. The zero-order valence-electron chi connectivity index (χ0n) is 9.34. The van der Waals surface area contributed by atoms with Crippen LogP contribution in [-0.2, 0) is 9.47 Å². The van der Waals surface area contributed by atoms with E-state index in [4.69, 9.17) is 15.2 Å². The molecule has 0 spiro atoms. The Hall–Kier alpha value is -0.160. The van der Waals surface area contributed by atoms with Crippen molar-refractivity contribution in [2.75, 3.05) is 33.0 Å². The maximum atomic E-state index is 5.91. The second-order valence-electron chi connectivity index (χ2n) is 4.63.